The molecule has 17 heteroatoms. The number of unbranched alkanes of at least 4 members (excludes halogenated alkanes) is 1. The molecule has 1 saturated carbocycles. The van der Waals surface area contributed by atoms with Crippen LogP contribution in [0.2, 0.25) is 0 Å². The van der Waals surface area contributed by atoms with Crippen molar-refractivity contribution >= 4 is 80.2 Å². The number of carboxylic acids is 1. The Bertz CT molecular complexity index is 2120. The fraction of sp³-hybridized carbons (Fsp3) is 0.366. The molecule has 2 aromatic carbocycles. The molecule has 0 bridgehead atoms. The van der Waals surface area contributed by atoms with E-state index in [1.54, 1.807) is 48.8 Å². The number of fused-ring (bicyclic) bond motifs is 1. The predicted octanol–water partition coefficient (Wildman–Crippen LogP) is 4.61. The predicted molar refractivity (Wildman–Crippen MR) is 221 cm³/mol. The van der Waals surface area contributed by atoms with Gasteiger partial charge in [0.15, 0.2) is 0 Å². The van der Waals surface area contributed by atoms with Crippen LogP contribution in [0.4, 0.5) is 11.6 Å². The molecule has 2 heterocycles. The van der Waals surface area contributed by atoms with E-state index in [0.29, 0.717) is 56.7 Å². The molecule has 9 N–H and O–H groups in total. The maximum Gasteiger partial charge on any atom is 0.303 e. The lowest BCUT2D eigenvalue weighted by molar-refractivity contribution is -0.137. The van der Waals surface area contributed by atoms with Gasteiger partial charge in [0.1, 0.15) is 17.6 Å². The molecule has 306 valence electrons. The molecule has 1 aliphatic rings. The number of imidazole rings is 1. The number of nitrogens with two attached hydrogens (primary N) is 1. The van der Waals surface area contributed by atoms with E-state index in [2.05, 4.69) is 57.5 Å². The maximum atomic E-state index is 14.0. The quantitative estimate of drug-likeness (QED) is 0.0453. The second-order valence-electron chi connectivity index (χ2n) is 14.2. The topological polar surface area (TPSA) is 250 Å². The Morgan fingerprint density at radius 3 is 2.43 bits per heavy atom. The summed E-state index contributed by atoms with van der Waals surface area (Å²) in [6.07, 6.45) is 10.0. The van der Waals surface area contributed by atoms with E-state index in [0.717, 1.165) is 27.5 Å². The van der Waals surface area contributed by atoms with Crippen LogP contribution in [0.5, 0.6) is 0 Å². The summed E-state index contributed by atoms with van der Waals surface area (Å²) in [6, 6.07) is 13.5. The fourth-order valence-electron chi connectivity index (χ4n) is 6.73. The number of rotatable bonds is 20. The Labute approximate surface area is 343 Å². The van der Waals surface area contributed by atoms with Crippen molar-refractivity contribution in [1.82, 2.24) is 36.2 Å². The van der Waals surface area contributed by atoms with Crippen LogP contribution in [0.25, 0.3) is 17.1 Å². The summed E-state index contributed by atoms with van der Waals surface area (Å²) in [4.78, 5) is 89.5. The number of nitrogens with zero attached hydrogens (tertiary/aromatic N) is 2. The maximum absolute atomic E-state index is 14.0. The summed E-state index contributed by atoms with van der Waals surface area (Å²) in [5.41, 5.74) is 7.59. The third-order valence-corrected chi connectivity index (χ3v) is 10.3. The molecule has 5 amide bonds. The zero-order valence-corrected chi connectivity index (χ0v) is 33.5. The van der Waals surface area contributed by atoms with E-state index in [9.17, 15) is 33.9 Å². The van der Waals surface area contributed by atoms with Crippen molar-refractivity contribution in [2.45, 2.75) is 88.3 Å². The van der Waals surface area contributed by atoms with Crippen molar-refractivity contribution in [3.8, 4) is 0 Å². The second kappa shape index (κ2) is 20.9. The minimum Gasteiger partial charge on any atom is -0.481 e. The average Bonchev–Trinajstić information content (AvgIpc) is 3.60. The Morgan fingerprint density at radius 2 is 1.69 bits per heavy atom. The summed E-state index contributed by atoms with van der Waals surface area (Å²) in [5, 5.41) is 23.6. The Hall–Kier alpha value is -6.10. The lowest BCUT2D eigenvalue weighted by Crippen LogP contribution is -2.62. The first-order valence-corrected chi connectivity index (χ1v) is 20.0. The number of carboxylic acid groups (broad SMARTS) is 1. The molecule has 16 nitrogen and oxygen atoms in total. The van der Waals surface area contributed by atoms with Crippen LogP contribution in [-0.4, -0.2) is 79.7 Å². The highest BCUT2D eigenvalue weighted by atomic mass is 79.9. The van der Waals surface area contributed by atoms with Gasteiger partial charge < -0.3 is 42.4 Å². The van der Waals surface area contributed by atoms with Gasteiger partial charge in [-0.15, -0.1) is 0 Å². The minimum atomic E-state index is -1.28. The Morgan fingerprint density at radius 1 is 0.914 bits per heavy atom. The number of H-pyrrole nitrogens is 1. The van der Waals surface area contributed by atoms with Gasteiger partial charge in [0.25, 0.3) is 5.91 Å². The number of hydrogen-bond donors (Lipinski definition) is 8. The largest absolute Gasteiger partial charge is 0.481 e. The molecule has 2 atom stereocenters. The van der Waals surface area contributed by atoms with E-state index < -0.39 is 47.2 Å². The number of aliphatic carboxylic acids is 1. The van der Waals surface area contributed by atoms with Gasteiger partial charge in [0.05, 0.1) is 11.0 Å². The third kappa shape index (κ3) is 12.7. The van der Waals surface area contributed by atoms with Crippen LogP contribution in [0.15, 0.2) is 77.5 Å². The SMILES string of the molecule is NC(=O)C1(NC(=O)[C@H](CCCC(=O)O)NC(=O)[C@H](CCCCNC(=O)/C=C/c2cccnc2)NC(=O)c2cccc(Nc3nc4ccc(Br)cc4[nH]3)c2)CCCCC1. The normalized spacial score (nSPS) is 14.6. The lowest BCUT2D eigenvalue weighted by atomic mass is 9.80. The van der Waals surface area contributed by atoms with Crippen molar-refractivity contribution in [3.63, 3.8) is 0 Å². The first-order valence-electron chi connectivity index (χ1n) is 19.2. The number of primary amides is 1. The monoisotopic (exact) mass is 857 g/mol. The van der Waals surface area contributed by atoms with Crippen molar-refractivity contribution in [1.29, 1.82) is 0 Å². The molecule has 0 unspecified atom stereocenters. The zero-order chi connectivity index (χ0) is 41.5. The van der Waals surface area contributed by atoms with Crippen molar-refractivity contribution in [2.24, 2.45) is 5.73 Å². The van der Waals surface area contributed by atoms with Crippen molar-refractivity contribution in [2.75, 3.05) is 11.9 Å². The number of pyridine rings is 1. The summed E-state index contributed by atoms with van der Waals surface area (Å²) in [7, 11) is 0. The zero-order valence-electron chi connectivity index (χ0n) is 31.9. The van der Waals surface area contributed by atoms with Gasteiger partial charge in [-0.1, -0.05) is 47.3 Å². The minimum absolute atomic E-state index is 0.0373. The second-order valence-corrected chi connectivity index (χ2v) is 15.1. The van der Waals surface area contributed by atoms with E-state index in [4.69, 9.17) is 5.73 Å². The number of carbonyl (C=O) groups is 6. The third-order valence-electron chi connectivity index (χ3n) is 9.84. The average molecular weight is 859 g/mol. The van der Waals surface area contributed by atoms with Crippen LogP contribution < -0.4 is 32.3 Å². The Balaban J connectivity index is 1.28. The first kappa shape index (κ1) is 43.0. The number of aromatic amines is 1. The summed E-state index contributed by atoms with van der Waals surface area (Å²) >= 11 is 3.45. The summed E-state index contributed by atoms with van der Waals surface area (Å²) in [5.74, 6) is -3.49. The summed E-state index contributed by atoms with van der Waals surface area (Å²) in [6.45, 7) is 0.292. The molecule has 0 saturated heterocycles. The number of halogens is 1. The number of hydrogen-bond acceptors (Lipinski definition) is 9. The molecule has 58 heavy (non-hydrogen) atoms. The van der Waals surface area contributed by atoms with E-state index >= 15 is 0 Å². The molecule has 0 radical (unpaired) electrons. The molecule has 2 aromatic heterocycles. The number of amides is 5. The molecule has 0 aliphatic heterocycles. The first-order chi connectivity index (χ1) is 27.9. The number of anilines is 2. The molecular weight excluding hydrogens is 810 g/mol. The van der Waals surface area contributed by atoms with E-state index in [1.807, 2.05) is 24.3 Å². The molecular formula is C41H48BrN9O7. The van der Waals surface area contributed by atoms with Gasteiger partial charge in [-0.3, -0.25) is 33.8 Å². The van der Waals surface area contributed by atoms with Gasteiger partial charge in [-0.2, -0.15) is 0 Å². The highest BCUT2D eigenvalue weighted by Crippen LogP contribution is 2.28. The van der Waals surface area contributed by atoms with Crippen LogP contribution >= 0.6 is 15.9 Å². The fourth-order valence-corrected chi connectivity index (χ4v) is 7.09. The van der Waals surface area contributed by atoms with E-state index in [1.165, 1.54) is 6.08 Å². The van der Waals surface area contributed by atoms with Crippen LogP contribution in [0, 0.1) is 0 Å². The molecule has 0 spiro atoms. The molecule has 4 aromatic rings. The number of aromatic nitrogens is 3. The van der Waals surface area contributed by atoms with Gasteiger partial charge in [-0.25, -0.2) is 4.98 Å². The molecule has 1 fully saturated rings. The highest BCUT2D eigenvalue weighted by molar-refractivity contribution is 9.10. The van der Waals surface area contributed by atoms with Gasteiger partial charge in [-0.05, 0) is 99.0 Å². The Kier molecular flexibility index (Phi) is 15.5. The molecule has 1 aliphatic carbocycles. The van der Waals surface area contributed by atoms with E-state index in [-0.39, 0.29) is 37.2 Å². The van der Waals surface area contributed by atoms with Crippen LogP contribution in [-0.2, 0) is 24.0 Å². The number of nitrogens with one attached hydrogen (secondary N) is 6. The van der Waals surface area contributed by atoms with Gasteiger partial charge in [0.2, 0.25) is 29.6 Å². The number of carbonyl (C=O) groups excluding carboxylic acids is 5. The van der Waals surface area contributed by atoms with Gasteiger partial charge in [0, 0.05) is 47.2 Å². The smallest absolute Gasteiger partial charge is 0.303 e. The van der Waals surface area contributed by atoms with Crippen molar-refractivity contribution < 1.29 is 33.9 Å². The van der Waals surface area contributed by atoms with Crippen LogP contribution in [0.3, 0.4) is 0 Å². The summed E-state index contributed by atoms with van der Waals surface area (Å²) < 4.78 is 0.886. The number of benzene rings is 2. The van der Waals surface area contributed by atoms with Gasteiger partial charge >= 0.3 is 5.97 Å². The van der Waals surface area contributed by atoms with Crippen LogP contribution in [0.1, 0.15) is 86.6 Å². The highest BCUT2D eigenvalue weighted by Gasteiger charge is 2.41. The van der Waals surface area contributed by atoms with Crippen molar-refractivity contribution in [3.05, 3.63) is 88.7 Å². The lowest BCUT2D eigenvalue weighted by Gasteiger charge is -2.36. The standard InChI is InChI=1S/C41H48BrN9O7/c42-28-16-17-30-33(24-28)50-40(49-30)46-29-11-6-10-27(23-29)36(55)47-31(12-2-5-22-45-34(52)18-15-26-9-8-21-44-25-26)37(56)48-32(13-7-14-35(53)54)38(57)51-41(39(43)58)19-3-1-4-20-41/h6,8-11,15-18,21,23-25,31-32H,1-5,7,12-14,19-20,22H2,(H2,43,58)(H,45,52)(H,47,55)(H,48,56)(H,51,57)(H,53,54)(H2,46,49,50)/b18-15+/t31-,32-/m0/s1. The molecule has 5 rings (SSSR count).